The van der Waals surface area contributed by atoms with Gasteiger partial charge in [-0.15, -0.1) is 0 Å². The molecule has 1 aromatic rings. The van der Waals surface area contributed by atoms with Crippen LogP contribution >= 0.6 is 0 Å². The number of nitrogens with zero attached hydrogens (tertiary/aromatic N) is 2. The number of aryl methyl sites for hydroxylation is 1. The number of esters is 1. The van der Waals surface area contributed by atoms with Gasteiger partial charge in [0.1, 0.15) is 43.5 Å². The summed E-state index contributed by atoms with van der Waals surface area (Å²) >= 11 is 0. The number of aliphatic hydroxyl groups excluding tert-OH is 3. The van der Waals surface area contributed by atoms with Gasteiger partial charge in [0.05, 0.1) is 322 Å². The first-order valence-electron chi connectivity index (χ1n) is 44.3. The van der Waals surface area contributed by atoms with Crippen LogP contribution in [-0.2, 0) is 175 Å². The Hall–Kier alpha value is -6.20. The molecule has 43 heteroatoms. The number of aliphatic hydroxyl groups is 3. The molecule has 1 saturated heterocycles. The summed E-state index contributed by atoms with van der Waals surface area (Å²) in [5, 5.41) is 48.8. The molecule has 746 valence electrons. The van der Waals surface area contributed by atoms with Gasteiger partial charge in [-0.2, -0.15) is 0 Å². The highest BCUT2D eigenvalue weighted by Gasteiger charge is 2.47. The molecule has 2 aliphatic rings. The predicted octanol–water partition coefficient (Wildman–Crippen LogP) is -0.601. The lowest BCUT2D eigenvalue weighted by atomic mass is 9.91. The Morgan fingerprint density at radius 1 is 0.426 bits per heavy atom. The third-order valence-electron chi connectivity index (χ3n) is 18.4. The van der Waals surface area contributed by atoms with Crippen LogP contribution in [0.15, 0.2) is 30.4 Å². The summed E-state index contributed by atoms with van der Waals surface area (Å²) in [6.07, 6.45) is -6.60. The predicted molar refractivity (Wildman–Crippen MR) is 459 cm³/mol. The van der Waals surface area contributed by atoms with Gasteiger partial charge in [0, 0.05) is 44.5 Å². The van der Waals surface area contributed by atoms with E-state index in [0.717, 1.165) is 17.1 Å². The van der Waals surface area contributed by atoms with Gasteiger partial charge < -0.3 is 164 Å². The molecule has 0 aromatic heterocycles. The quantitative estimate of drug-likeness (QED) is 0.0243. The molecule has 0 saturated carbocycles. The highest BCUT2D eigenvalue weighted by molar-refractivity contribution is 6.14. The summed E-state index contributed by atoms with van der Waals surface area (Å²) in [5.41, 5.74) is 0.396. The molecule has 7 atom stereocenters. The second-order valence-electron chi connectivity index (χ2n) is 30.1. The summed E-state index contributed by atoms with van der Waals surface area (Å²) in [5.74, 6) is -6.49. The van der Waals surface area contributed by atoms with Crippen molar-refractivity contribution >= 4 is 53.1 Å². The third kappa shape index (κ3) is 60.6. The summed E-state index contributed by atoms with van der Waals surface area (Å²) in [6, 6.07) is 2.37. The number of nitrogens with one attached hydrogen (secondary N) is 3. The number of ether oxygens (including phenoxy) is 26. The Balaban J connectivity index is 1.06. The average molecular weight is 1860 g/mol. The topological polar surface area (TPSA) is 500 Å². The Bertz CT molecular complexity index is 3060. The van der Waals surface area contributed by atoms with Crippen LogP contribution in [0, 0.1) is 11.3 Å². The summed E-state index contributed by atoms with van der Waals surface area (Å²) in [4.78, 5) is 106. The van der Waals surface area contributed by atoms with Crippen molar-refractivity contribution in [1.82, 2.24) is 20.4 Å². The van der Waals surface area contributed by atoms with E-state index in [4.69, 9.17) is 123 Å². The van der Waals surface area contributed by atoms with E-state index in [1.807, 2.05) is 0 Å². The molecule has 0 spiro atoms. The number of anilines is 1. The van der Waals surface area contributed by atoms with Crippen LogP contribution in [0.25, 0.3) is 0 Å². The normalized spacial score (nSPS) is 16.3. The van der Waals surface area contributed by atoms with Gasteiger partial charge in [-0.05, 0) is 69.7 Å². The monoisotopic (exact) mass is 1860 g/mol. The number of hydrogen-bond donors (Lipinski definition) is 7. The number of amides is 6. The van der Waals surface area contributed by atoms with E-state index in [1.54, 1.807) is 53.9 Å². The molecule has 7 unspecified atom stereocenters. The highest BCUT2D eigenvalue weighted by Crippen LogP contribution is 2.28. The molecule has 1 fully saturated rings. The lowest BCUT2D eigenvalue weighted by molar-refractivity contribution is -0.228. The summed E-state index contributed by atoms with van der Waals surface area (Å²) < 4.78 is 143. The van der Waals surface area contributed by atoms with Crippen molar-refractivity contribution in [2.75, 3.05) is 343 Å². The van der Waals surface area contributed by atoms with E-state index >= 15 is 0 Å². The molecule has 43 nitrogen and oxygen atoms in total. The number of carboxylic acid groups (broad SMARTS) is 1. The number of carboxylic acids is 1. The Labute approximate surface area is 758 Å². The zero-order valence-electron chi connectivity index (χ0n) is 76.8. The largest absolute Gasteiger partial charge is 0.479 e. The van der Waals surface area contributed by atoms with Gasteiger partial charge in [-0.1, -0.05) is 19.9 Å². The molecule has 2 aliphatic heterocycles. The van der Waals surface area contributed by atoms with Crippen LogP contribution in [0.5, 0.6) is 0 Å². The molecule has 0 radical (unpaired) electrons. The summed E-state index contributed by atoms with van der Waals surface area (Å²) in [7, 11) is 1.64. The van der Waals surface area contributed by atoms with Gasteiger partial charge in [-0.3, -0.25) is 38.5 Å². The van der Waals surface area contributed by atoms with Crippen molar-refractivity contribution in [2.24, 2.45) is 11.3 Å². The minimum Gasteiger partial charge on any atom is -0.479 e. The van der Waals surface area contributed by atoms with Crippen molar-refractivity contribution in [3.05, 3.63) is 41.5 Å². The van der Waals surface area contributed by atoms with E-state index in [2.05, 4.69) is 16.0 Å². The van der Waals surface area contributed by atoms with Crippen LogP contribution in [0.2, 0.25) is 0 Å². The number of benzene rings is 1. The minimum absolute atomic E-state index is 0.00297. The second kappa shape index (κ2) is 78.2. The van der Waals surface area contributed by atoms with Crippen LogP contribution in [0.1, 0.15) is 65.5 Å². The molecule has 1 aromatic carbocycles. The van der Waals surface area contributed by atoms with Gasteiger partial charge in [0.15, 0.2) is 6.10 Å². The van der Waals surface area contributed by atoms with E-state index in [0.29, 0.717) is 295 Å². The third-order valence-corrected chi connectivity index (χ3v) is 18.4. The first kappa shape index (κ1) is 117. The SMILES string of the molecule is COCCOCCOCCOCCOCCOCCOCCOCCOCCOCCOCCOCCOCCOCCOCCOCCOCCOCCOCCOCCOCCOCCOCCOCCN(CCC(=O)NC(C(=O)NC(C)C(=O)Nc1ccc(COC(=O)C(C)(C)C)c(CCC2OC(C(=O)O)C(O)C(O)C2O)c1)C(C)C)C(=O)CN1C(=O)C=CC1=O. The average Bonchev–Trinajstić information content (AvgIpc) is 1.28. The molecular weight excluding hydrogens is 1710 g/mol. The van der Waals surface area contributed by atoms with Crippen LogP contribution in [0.3, 0.4) is 0 Å². The summed E-state index contributed by atoms with van der Waals surface area (Å²) in [6.45, 7) is 29.0. The van der Waals surface area contributed by atoms with Crippen molar-refractivity contribution in [2.45, 2.75) is 110 Å². The number of rotatable bonds is 89. The Morgan fingerprint density at radius 3 is 1.06 bits per heavy atom. The fourth-order valence-corrected chi connectivity index (χ4v) is 11.2. The van der Waals surface area contributed by atoms with Crippen LogP contribution in [-0.4, -0.2) is 457 Å². The maximum Gasteiger partial charge on any atom is 0.335 e. The molecule has 3 rings (SSSR count). The van der Waals surface area contributed by atoms with Crippen molar-refractivity contribution in [3.8, 4) is 0 Å². The first-order chi connectivity index (χ1) is 62.5. The molecular formula is C86H149N5O38. The maximum absolute atomic E-state index is 13.7. The lowest BCUT2D eigenvalue weighted by Gasteiger charge is -2.39. The Morgan fingerprint density at radius 2 is 0.752 bits per heavy atom. The number of carbonyl (C=O) groups excluding carboxylic acids is 7. The van der Waals surface area contributed by atoms with Crippen LogP contribution < -0.4 is 16.0 Å². The number of imide groups is 1. The van der Waals surface area contributed by atoms with Crippen molar-refractivity contribution < 1.29 is 182 Å². The first-order valence-corrected chi connectivity index (χ1v) is 44.3. The molecule has 7 N–H and O–H groups in total. The second-order valence-corrected chi connectivity index (χ2v) is 30.1. The minimum atomic E-state index is -1.88. The highest BCUT2D eigenvalue weighted by atomic mass is 16.6. The van der Waals surface area contributed by atoms with E-state index in [-0.39, 0.29) is 71.1 Å². The molecule has 6 amide bonds. The van der Waals surface area contributed by atoms with E-state index in [1.165, 1.54) is 17.9 Å². The van der Waals surface area contributed by atoms with Gasteiger partial charge in [-0.25, -0.2) is 4.79 Å². The van der Waals surface area contributed by atoms with E-state index in [9.17, 15) is 58.8 Å². The molecule has 129 heavy (non-hydrogen) atoms. The van der Waals surface area contributed by atoms with Crippen molar-refractivity contribution in [3.63, 3.8) is 0 Å². The fraction of sp³-hybridized carbons (Fsp3) is 0.814. The standard InChI is InChI=1S/C86H149N5O38/c1-67(2)77(83(100)87-68(3)82(99)88-71-10-8-70(66-128-85(103)86(4,5)6)69(64-71)9-11-72-78(96)79(97)80(98)81(129-72)84(101)102)89-73(92)14-15-90(76(95)65-91-74(93)12-13-75(91)94)16-17-105-20-21-107-24-25-109-28-29-111-32-33-113-36-37-115-40-41-117-44-45-119-48-49-121-52-53-123-56-57-125-60-61-127-63-62-126-59-58-124-55-54-122-51-50-120-47-46-118-43-42-116-39-38-114-35-34-112-31-30-110-27-26-108-23-22-106-19-18-104-7/h8,10,12-13,64,67-68,72,77-81,96-98H,9,11,14-63,65-66H2,1-7H3,(H,87,100)(H,88,99)(H,89,92)(H,101,102). The number of hydrogen-bond acceptors (Lipinski definition) is 37. The maximum atomic E-state index is 13.7. The zero-order valence-corrected chi connectivity index (χ0v) is 76.8. The lowest BCUT2D eigenvalue weighted by Crippen LogP contribution is -2.59. The molecule has 0 bridgehead atoms. The fourth-order valence-electron chi connectivity index (χ4n) is 11.2. The van der Waals surface area contributed by atoms with Crippen LogP contribution in [0.4, 0.5) is 5.69 Å². The van der Waals surface area contributed by atoms with E-state index < -0.39 is 108 Å². The molecule has 2 heterocycles. The van der Waals surface area contributed by atoms with Crippen molar-refractivity contribution in [1.29, 1.82) is 0 Å². The Kier molecular flexibility index (Phi) is 70.9. The van der Waals surface area contributed by atoms with Gasteiger partial charge >= 0.3 is 11.9 Å². The zero-order chi connectivity index (χ0) is 93.8. The smallest absolute Gasteiger partial charge is 0.335 e. The number of aliphatic carboxylic acids is 1. The molecule has 0 aliphatic carbocycles. The van der Waals surface area contributed by atoms with Gasteiger partial charge in [0.25, 0.3) is 11.8 Å². The number of carbonyl (C=O) groups is 8. The van der Waals surface area contributed by atoms with Gasteiger partial charge in [0.2, 0.25) is 23.6 Å². The number of methoxy groups -OCH3 is 1.